The molecular formula is C17H26N2O4S. The zero-order chi connectivity index (χ0) is 17.3. The van der Waals surface area contributed by atoms with Crippen molar-refractivity contribution in [2.75, 3.05) is 14.2 Å². The summed E-state index contributed by atoms with van der Waals surface area (Å²) in [6.07, 6.45) is 7.42. The van der Waals surface area contributed by atoms with Gasteiger partial charge in [-0.1, -0.05) is 0 Å². The first kappa shape index (κ1) is 17.5. The lowest BCUT2D eigenvalue weighted by molar-refractivity contribution is -0.149. The van der Waals surface area contributed by atoms with Crippen molar-refractivity contribution in [1.29, 1.82) is 0 Å². The first-order valence-corrected chi connectivity index (χ1v) is 9.07. The highest BCUT2D eigenvalue weighted by atomic mass is 32.1. The second-order valence-corrected chi connectivity index (χ2v) is 8.06. The molecule has 0 aromatic heterocycles. The second kappa shape index (κ2) is 6.86. The number of esters is 2. The maximum atomic E-state index is 11.9. The molecule has 1 unspecified atom stereocenters. The number of methoxy groups -OCH3 is 2. The molecule has 0 spiro atoms. The van der Waals surface area contributed by atoms with E-state index in [0.717, 1.165) is 37.0 Å². The Morgan fingerprint density at radius 2 is 1.62 bits per heavy atom. The fraction of sp³-hybridized carbons (Fsp3) is 0.824. The summed E-state index contributed by atoms with van der Waals surface area (Å²) in [6.45, 7) is 0. The Morgan fingerprint density at radius 1 is 1.08 bits per heavy atom. The molecule has 4 aliphatic rings. The van der Waals surface area contributed by atoms with E-state index in [4.69, 9.17) is 17.0 Å². The molecular weight excluding hydrogens is 328 g/mol. The monoisotopic (exact) mass is 354 g/mol. The van der Waals surface area contributed by atoms with Crippen molar-refractivity contribution in [3.8, 4) is 0 Å². The smallest absolute Gasteiger partial charge is 0.328 e. The van der Waals surface area contributed by atoms with Crippen LogP contribution in [-0.4, -0.2) is 42.9 Å². The molecule has 4 rings (SSSR count). The molecule has 0 amide bonds. The van der Waals surface area contributed by atoms with E-state index >= 15 is 0 Å². The predicted octanol–water partition coefficient (Wildman–Crippen LogP) is 1.52. The highest BCUT2D eigenvalue weighted by Gasteiger charge is 2.51. The summed E-state index contributed by atoms with van der Waals surface area (Å²) in [7, 11) is 2.59. The largest absolute Gasteiger partial charge is 0.469 e. The number of rotatable bonds is 5. The average Bonchev–Trinajstić information content (AvgIpc) is 2.51. The van der Waals surface area contributed by atoms with Gasteiger partial charge in [0.05, 0.1) is 20.6 Å². The number of carbonyl (C=O) groups excluding carboxylic acids is 2. The first-order valence-electron chi connectivity index (χ1n) is 8.66. The van der Waals surface area contributed by atoms with Gasteiger partial charge in [-0.2, -0.15) is 0 Å². The Hall–Kier alpha value is -1.37. The molecule has 24 heavy (non-hydrogen) atoms. The summed E-state index contributed by atoms with van der Waals surface area (Å²) in [4.78, 5) is 23.4. The molecule has 7 heteroatoms. The van der Waals surface area contributed by atoms with Crippen LogP contribution in [0.5, 0.6) is 0 Å². The van der Waals surface area contributed by atoms with Crippen LogP contribution in [0.2, 0.25) is 0 Å². The van der Waals surface area contributed by atoms with Gasteiger partial charge in [-0.05, 0) is 68.5 Å². The molecule has 0 radical (unpaired) electrons. The zero-order valence-corrected chi connectivity index (χ0v) is 15.1. The maximum absolute atomic E-state index is 11.9. The van der Waals surface area contributed by atoms with E-state index in [1.54, 1.807) is 0 Å². The average molecular weight is 354 g/mol. The number of nitrogens with one attached hydrogen (secondary N) is 2. The van der Waals surface area contributed by atoms with Crippen molar-refractivity contribution in [3.63, 3.8) is 0 Å². The van der Waals surface area contributed by atoms with E-state index < -0.39 is 18.0 Å². The van der Waals surface area contributed by atoms with Gasteiger partial charge >= 0.3 is 11.9 Å². The number of thiocarbonyl (C=S) groups is 1. The fourth-order valence-corrected chi connectivity index (χ4v) is 5.64. The Morgan fingerprint density at radius 3 is 2.08 bits per heavy atom. The van der Waals surface area contributed by atoms with Crippen LogP contribution in [0.4, 0.5) is 0 Å². The summed E-state index contributed by atoms with van der Waals surface area (Å²) in [5.41, 5.74) is 0.0603. The highest BCUT2D eigenvalue weighted by Crippen LogP contribution is 2.55. The molecule has 0 saturated heterocycles. The molecule has 4 saturated carbocycles. The van der Waals surface area contributed by atoms with Gasteiger partial charge in [0.1, 0.15) is 6.04 Å². The molecule has 0 aromatic rings. The van der Waals surface area contributed by atoms with E-state index in [1.807, 2.05) is 0 Å². The fourth-order valence-electron chi connectivity index (χ4n) is 5.28. The third-order valence-corrected chi connectivity index (χ3v) is 6.03. The molecule has 134 valence electrons. The highest BCUT2D eigenvalue weighted by molar-refractivity contribution is 7.80. The summed E-state index contributed by atoms with van der Waals surface area (Å²) in [5.74, 6) is 1.42. The van der Waals surface area contributed by atoms with E-state index in [2.05, 4.69) is 15.4 Å². The molecule has 0 aliphatic heterocycles. The van der Waals surface area contributed by atoms with Crippen LogP contribution in [0, 0.1) is 17.8 Å². The number of carbonyl (C=O) groups is 2. The van der Waals surface area contributed by atoms with Gasteiger partial charge in [0.2, 0.25) is 0 Å². The van der Waals surface area contributed by atoms with Crippen molar-refractivity contribution >= 4 is 29.3 Å². The Labute approximate surface area is 148 Å². The summed E-state index contributed by atoms with van der Waals surface area (Å²) in [6, 6.07) is -0.823. The molecule has 4 fully saturated rings. The lowest BCUT2D eigenvalue weighted by atomic mass is 9.53. The van der Waals surface area contributed by atoms with Gasteiger partial charge < -0.3 is 20.1 Å². The quantitative estimate of drug-likeness (QED) is 0.573. The van der Waals surface area contributed by atoms with Crippen LogP contribution in [0.25, 0.3) is 0 Å². The summed E-state index contributed by atoms with van der Waals surface area (Å²) >= 11 is 5.44. The van der Waals surface area contributed by atoms with Crippen LogP contribution in [0.15, 0.2) is 0 Å². The van der Waals surface area contributed by atoms with Crippen LogP contribution in [0.1, 0.15) is 44.9 Å². The first-order chi connectivity index (χ1) is 11.4. The van der Waals surface area contributed by atoms with Crippen LogP contribution < -0.4 is 10.6 Å². The topological polar surface area (TPSA) is 76.7 Å². The number of hydrogen-bond donors (Lipinski definition) is 2. The van der Waals surface area contributed by atoms with Crippen LogP contribution in [0.3, 0.4) is 0 Å². The third kappa shape index (κ3) is 3.66. The molecule has 4 bridgehead atoms. The minimum absolute atomic E-state index is 0.0603. The Balaban J connectivity index is 1.61. The lowest BCUT2D eigenvalue weighted by Crippen LogP contribution is -2.62. The van der Waals surface area contributed by atoms with E-state index in [9.17, 15) is 9.59 Å². The second-order valence-electron chi connectivity index (χ2n) is 7.65. The summed E-state index contributed by atoms with van der Waals surface area (Å²) < 4.78 is 9.40. The SMILES string of the molecule is COC(=O)CC(NC(=S)NC12CC3CC(CC(C3)C1)C2)C(=O)OC. The molecule has 4 aliphatic carbocycles. The van der Waals surface area contributed by atoms with E-state index in [1.165, 1.54) is 33.5 Å². The normalized spacial score (nSPS) is 34.3. The van der Waals surface area contributed by atoms with Crippen molar-refractivity contribution in [1.82, 2.24) is 10.6 Å². The maximum Gasteiger partial charge on any atom is 0.328 e. The lowest BCUT2D eigenvalue weighted by Gasteiger charge is -2.57. The van der Waals surface area contributed by atoms with E-state index in [-0.39, 0.29) is 12.0 Å². The van der Waals surface area contributed by atoms with Gasteiger partial charge in [0.15, 0.2) is 5.11 Å². The number of ether oxygens (including phenoxy) is 2. The van der Waals surface area contributed by atoms with E-state index in [0.29, 0.717) is 5.11 Å². The van der Waals surface area contributed by atoms with Crippen molar-refractivity contribution in [2.24, 2.45) is 17.8 Å². The van der Waals surface area contributed by atoms with Crippen molar-refractivity contribution in [3.05, 3.63) is 0 Å². The zero-order valence-electron chi connectivity index (χ0n) is 14.3. The van der Waals surface area contributed by atoms with Crippen LogP contribution >= 0.6 is 12.2 Å². The molecule has 0 aromatic carbocycles. The predicted molar refractivity (Wildman–Crippen MR) is 92.2 cm³/mol. The van der Waals surface area contributed by atoms with Crippen molar-refractivity contribution in [2.45, 2.75) is 56.5 Å². The minimum Gasteiger partial charge on any atom is -0.469 e. The van der Waals surface area contributed by atoms with Gasteiger partial charge in [0.25, 0.3) is 0 Å². The van der Waals surface area contributed by atoms with Gasteiger partial charge in [-0.3, -0.25) is 4.79 Å². The molecule has 6 nitrogen and oxygen atoms in total. The number of hydrogen-bond acceptors (Lipinski definition) is 5. The molecule has 2 N–H and O–H groups in total. The van der Waals surface area contributed by atoms with Gasteiger partial charge in [-0.25, -0.2) is 4.79 Å². The molecule has 0 heterocycles. The Bertz CT molecular complexity index is 501. The van der Waals surface area contributed by atoms with Crippen molar-refractivity contribution < 1.29 is 19.1 Å². The minimum atomic E-state index is -0.823. The Kier molecular flexibility index (Phi) is 4.99. The van der Waals surface area contributed by atoms with Gasteiger partial charge in [0, 0.05) is 5.54 Å². The van der Waals surface area contributed by atoms with Crippen LogP contribution in [-0.2, 0) is 19.1 Å². The third-order valence-electron chi connectivity index (χ3n) is 5.81. The van der Waals surface area contributed by atoms with Gasteiger partial charge in [-0.15, -0.1) is 0 Å². The standard InChI is InChI=1S/C17H26N2O4S/c1-22-14(20)6-13(15(21)23-2)18-16(24)19-17-7-10-3-11(8-17)5-12(4-10)9-17/h10-13H,3-9H2,1-2H3,(H2,18,19,24). The molecule has 1 atom stereocenters. The summed E-state index contributed by atoms with van der Waals surface area (Å²) in [5, 5.41) is 6.87.